The van der Waals surface area contributed by atoms with E-state index in [1.807, 2.05) is 0 Å². The zero-order valence-electron chi connectivity index (χ0n) is 18.9. The van der Waals surface area contributed by atoms with Crippen molar-refractivity contribution in [2.45, 2.75) is 84.7 Å². The summed E-state index contributed by atoms with van der Waals surface area (Å²) in [6.45, 7) is 8.46. The molecule has 0 radical (unpaired) electrons. The number of hydrogen-bond acceptors (Lipinski definition) is 4. The van der Waals surface area contributed by atoms with Gasteiger partial charge in [0.1, 0.15) is 6.10 Å². The van der Waals surface area contributed by atoms with Gasteiger partial charge in [-0.3, -0.25) is 9.59 Å². The average Bonchev–Trinajstić information content (AvgIpc) is 3.29. The second-order valence-electron chi connectivity index (χ2n) is 11.1. The lowest BCUT2D eigenvalue weighted by atomic mass is 9.48. The minimum Gasteiger partial charge on any atom is -0.462 e. The molecule has 5 aliphatic rings. The maximum absolute atomic E-state index is 13.5. The normalized spacial score (nSPS) is 44.4. The summed E-state index contributed by atoms with van der Waals surface area (Å²) < 4.78 is 5.56. The summed E-state index contributed by atoms with van der Waals surface area (Å²) in [6.07, 6.45) is 14.5. The van der Waals surface area contributed by atoms with E-state index in [2.05, 4.69) is 31.0 Å². The molecule has 0 unspecified atom stereocenters. The average molecular weight is 412 g/mol. The first-order chi connectivity index (χ1) is 14.3. The number of likely N-dealkylation sites (tertiary alicyclic amines) is 1. The highest BCUT2D eigenvalue weighted by Crippen LogP contribution is 2.64. The molecule has 0 aromatic heterocycles. The molecule has 1 saturated heterocycles. The van der Waals surface area contributed by atoms with Gasteiger partial charge in [-0.05, 0) is 74.5 Å². The van der Waals surface area contributed by atoms with E-state index in [0.29, 0.717) is 23.5 Å². The van der Waals surface area contributed by atoms with Crippen molar-refractivity contribution < 1.29 is 14.3 Å². The monoisotopic (exact) mass is 411 g/mol. The minimum atomic E-state index is -0.163. The van der Waals surface area contributed by atoms with Crippen molar-refractivity contribution in [3.8, 4) is 0 Å². The van der Waals surface area contributed by atoms with Gasteiger partial charge in [0.15, 0.2) is 5.78 Å². The molecule has 0 spiro atoms. The van der Waals surface area contributed by atoms with E-state index >= 15 is 0 Å². The van der Waals surface area contributed by atoms with Gasteiger partial charge < -0.3 is 9.64 Å². The minimum absolute atomic E-state index is 0.0512. The lowest BCUT2D eigenvalue weighted by Gasteiger charge is -2.56. The van der Waals surface area contributed by atoms with Crippen LogP contribution in [0.25, 0.3) is 0 Å². The maximum atomic E-state index is 13.5. The number of Topliss-reactive ketones (excluding diaryl/α,β-unsaturated/α-hetero) is 1. The molecule has 0 N–H and O–H groups in total. The number of nitrogens with zero attached hydrogens (tertiary/aromatic N) is 1. The number of rotatable bonds is 2. The van der Waals surface area contributed by atoms with Gasteiger partial charge in [-0.1, -0.05) is 25.5 Å². The van der Waals surface area contributed by atoms with Crippen molar-refractivity contribution in [1.82, 2.24) is 4.90 Å². The van der Waals surface area contributed by atoms with Crippen molar-refractivity contribution in [2.24, 2.45) is 28.6 Å². The predicted octanol–water partition coefficient (Wildman–Crippen LogP) is 5.04. The van der Waals surface area contributed by atoms with Crippen LogP contribution in [0.3, 0.4) is 0 Å². The highest BCUT2D eigenvalue weighted by Gasteiger charge is 2.60. The van der Waals surface area contributed by atoms with E-state index in [0.717, 1.165) is 63.6 Å². The predicted molar refractivity (Wildman–Crippen MR) is 117 cm³/mol. The molecule has 4 nitrogen and oxygen atoms in total. The highest BCUT2D eigenvalue weighted by atomic mass is 16.5. The molecular weight excluding hydrogens is 374 g/mol. The maximum Gasteiger partial charge on any atom is 0.302 e. The molecule has 1 aliphatic heterocycles. The molecule has 5 rings (SSSR count). The van der Waals surface area contributed by atoms with Crippen LogP contribution in [0.5, 0.6) is 0 Å². The molecule has 4 aliphatic carbocycles. The van der Waals surface area contributed by atoms with Crippen LogP contribution in [0.1, 0.15) is 78.6 Å². The number of esters is 1. The van der Waals surface area contributed by atoms with E-state index in [9.17, 15) is 9.59 Å². The summed E-state index contributed by atoms with van der Waals surface area (Å²) in [5, 5.41) is 0. The zero-order valence-corrected chi connectivity index (χ0v) is 18.9. The first-order valence-electron chi connectivity index (χ1n) is 12.2. The molecule has 30 heavy (non-hydrogen) atoms. The molecule has 0 bridgehead atoms. The molecule has 3 saturated carbocycles. The summed E-state index contributed by atoms with van der Waals surface area (Å²) in [6, 6.07) is 0. The Balaban J connectivity index is 1.40. The van der Waals surface area contributed by atoms with E-state index < -0.39 is 0 Å². The topological polar surface area (TPSA) is 46.6 Å². The summed E-state index contributed by atoms with van der Waals surface area (Å²) in [5.74, 6) is 2.03. The first-order valence-corrected chi connectivity index (χ1v) is 12.2. The summed E-state index contributed by atoms with van der Waals surface area (Å²) in [5.41, 5.74) is 2.67. The van der Waals surface area contributed by atoms with Crippen LogP contribution in [0, 0.1) is 28.6 Å². The fourth-order valence-corrected chi connectivity index (χ4v) is 7.84. The van der Waals surface area contributed by atoms with Crippen LogP contribution in [-0.4, -0.2) is 35.8 Å². The Labute approximate surface area is 181 Å². The van der Waals surface area contributed by atoms with Crippen LogP contribution in [0.2, 0.25) is 0 Å². The molecule has 4 heteroatoms. The molecular formula is C26H37NO3. The van der Waals surface area contributed by atoms with E-state index in [1.54, 1.807) is 0 Å². The molecule has 164 valence electrons. The third-order valence-electron chi connectivity index (χ3n) is 9.51. The van der Waals surface area contributed by atoms with Crippen LogP contribution >= 0.6 is 0 Å². The van der Waals surface area contributed by atoms with Gasteiger partial charge in [-0.2, -0.15) is 0 Å². The third kappa shape index (κ3) is 3.08. The second kappa shape index (κ2) is 7.24. The zero-order chi connectivity index (χ0) is 21.1. The fourth-order valence-electron chi connectivity index (χ4n) is 7.84. The van der Waals surface area contributed by atoms with E-state index in [4.69, 9.17) is 4.74 Å². The lowest BCUT2D eigenvalue weighted by Crippen LogP contribution is -2.50. The van der Waals surface area contributed by atoms with Gasteiger partial charge in [0.25, 0.3) is 0 Å². The number of hydrogen-bond donors (Lipinski definition) is 0. The quantitative estimate of drug-likeness (QED) is 0.363. The van der Waals surface area contributed by atoms with Crippen molar-refractivity contribution in [2.75, 3.05) is 13.1 Å². The van der Waals surface area contributed by atoms with Crippen LogP contribution in [0.15, 0.2) is 23.4 Å². The Morgan fingerprint density at radius 3 is 2.57 bits per heavy atom. The van der Waals surface area contributed by atoms with Gasteiger partial charge in [0.2, 0.25) is 0 Å². The number of allylic oxidation sites excluding steroid dienone is 2. The molecule has 0 aromatic rings. The van der Waals surface area contributed by atoms with Crippen molar-refractivity contribution >= 4 is 11.8 Å². The Hall–Kier alpha value is -1.58. The van der Waals surface area contributed by atoms with Crippen LogP contribution in [-0.2, 0) is 14.3 Å². The Morgan fingerprint density at radius 1 is 1.10 bits per heavy atom. The molecule has 4 fully saturated rings. The van der Waals surface area contributed by atoms with Gasteiger partial charge in [0, 0.05) is 43.6 Å². The van der Waals surface area contributed by atoms with Crippen LogP contribution < -0.4 is 0 Å². The summed E-state index contributed by atoms with van der Waals surface area (Å²) in [4.78, 5) is 27.3. The Bertz CT molecular complexity index is 807. The van der Waals surface area contributed by atoms with Gasteiger partial charge >= 0.3 is 5.97 Å². The van der Waals surface area contributed by atoms with Gasteiger partial charge in [-0.25, -0.2) is 0 Å². The summed E-state index contributed by atoms with van der Waals surface area (Å²) in [7, 11) is 0. The molecule has 1 heterocycles. The smallest absolute Gasteiger partial charge is 0.302 e. The van der Waals surface area contributed by atoms with Crippen molar-refractivity contribution in [3.05, 3.63) is 23.4 Å². The SMILES string of the molecule is CC(=O)O[C@@H]1CC[C@@]2(C)C(=CC[C@@H]3[C@@H]2CC[C@]2(C)C(=O)/C(=C/N4CCCC4)C[C@@H]32)C1. The van der Waals surface area contributed by atoms with Crippen molar-refractivity contribution in [1.29, 1.82) is 0 Å². The van der Waals surface area contributed by atoms with Crippen LogP contribution in [0.4, 0.5) is 0 Å². The van der Waals surface area contributed by atoms with Crippen molar-refractivity contribution in [3.63, 3.8) is 0 Å². The van der Waals surface area contributed by atoms with Gasteiger partial charge in [0.05, 0.1) is 0 Å². The Kier molecular flexibility index (Phi) is 4.91. The first kappa shape index (κ1) is 20.3. The van der Waals surface area contributed by atoms with E-state index in [-0.39, 0.29) is 22.9 Å². The third-order valence-corrected chi connectivity index (χ3v) is 9.51. The highest BCUT2D eigenvalue weighted by molar-refractivity contribution is 6.02. The lowest BCUT2D eigenvalue weighted by molar-refractivity contribution is -0.148. The number of carbonyl (C=O) groups is 2. The fraction of sp³-hybridized carbons (Fsp3) is 0.769. The number of ether oxygens (including phenoxy) is 1. The molecule has 6 atom stereocenters. The second-order valence-corrected chi connectivity index (χ2v) is 11.1. The largest absolute Gasteiger partial charge is 0.462 e. The van der Waals surface area contributed by atoms with Gasteiger partial charge in [-0.15, -0.1) is 0 Å². The molecule has 0 aromatic carbocycles. The number of carbonyl (C=O) groups excluding carboxylic acids is 2. The Morgan fingerprint density at radius 2 is 1.83 bits per heavy atom. The van der Waals surface area contributed by atoms with E-state index in [1.165, 1.54) is 25.3 Å². The summed E-state index contributed by atoms with van der Waals surface area (Å²) >= 11 is 0. The molecule has 0 amide bonds. The standard InChI is InChI=1S/C26H37NO3/c1-17(28)30-20-8-10-25(2)19(15-20)6-7-21-22(25)9-11-26(3)23(21)14-18(24(26)29)16-27-12-4-5-13-27/h6,16,20-23H,4-5,7-15H2,1-3H3/b18-16+/t20-,21-,22+,23+,25+,26+/m1/s1. The number of ketones is 1. The number of fused-ring (bicyclic) bond motifs is 5.